The maximum atomic E-state index is 6.69. The van der Waals surface area contributed by atoms with Crippen LogP contribution in [0.2, 0.25) is 0 Å². The summed E-state index contributed by atoms with van der Waals surface area (Å²) < 4.78 is 13.2. The maximum Gasteiger partial charge on any atom is 0.167 e. The molecule has 5 nitrogen and oxygen atoms in total. The minimum absolute atomic E-state index is 0.125. The summed E-state index contributed by atoms with van der Waals surface area (Å²) in [4.78, 5) is 15.5. The average Bonchev–Trinajstić information content (AvgIpc) is 3.80. The van der Waals surface area contributed by atoms with Crippen molar-refractivity contribution in [2.75, 3.05) is 0 Å². The van der Waals surface area contributed by atoms with Crippen LogP contribution in [0.25, 0.3) is 83.0 Å². The smallest absolute Gasteiger partial charge is 0.167 e. The zero-order chi connectivity index (χ0) is 34.2. The molecule has 0 bridgehead atoms. The second-order valence-electron chi connectivity index (χ2n) is 13.5. The summed E-state index contributed by atoms with van der Waals surface area (Å²) in [7, 11) is 0. The first-order chi connectivity index (χ1) is 25.8. The molecule has 0 amide bonds. The maximum absolute atomic E-state index is 6.69. The molecule has 11 rings (SSSR count). The van der Waals surface area contributed by atoms with E-state index in [0.717, 1.165) is 61.1 Å². The molecule has 5 heteroatoms. The summed E-state index contributed by atoms with van der Waals surface area (Å²) in [5.41, 5.74) is 7.76. The van der Waals surface area contributed by atoms with Crippen LogP contribution < -0.4 is 4.74 Å². The van der Waals surface area contributed by atoms with E-state index < -0.39 is 0 Å². The van der Waals surface area contributed by atoms with E-state index in [1.807, 2.05) is 60.7 Å². The van der Waals surface area contributed by atoms with E-state index in [-0.39, 0.29) is 12.0 Å². The molecule has 244 valence electrons. The third-order valence-electron chi connectivity index (χ3n) is 10.5. The van der Waals surface area contributed by atoms with Gasteiger partial charge in [-0.25, -0.2) is 15.0 Å². The van der Waals surface area contributed by atoms with E-state index >= 15 is 0 Å². The zero-order valence-electron chi connectivity index (χ0n) is 27.9. The molecule has 7 aromatic carbocycles. The van der Waals surface area contributed by atoms with E-state index in [2.05, 4.69) is 103 Å². The molecule has 0 spiro atoms. The monoisotopic (exact) mass is 667 g/mol. The Balaban J connectivity index is 1.10. The van der Waals surface area contributed by atoms with Crippen LogP contribution in [0, 0.1) is 0 Å². The van der Waals surface area contributed by atoms with Crippen LogP contribution in [0.4, 0.5) is 0 Å². The molecule has 9 aromatic rings. The van der Waals surface area contributed by atoms with Gasteiger partial charge in [0.25, 0.3) is 0 Å². The van der Waals surface area contributed by atoms with Gasteiger partial charge >= 0.3 is 0 Å². The molecule has 0 fully saturated rings. The first kappa shape index (κ1) is 28.9. The number of rotatable bonds is 4. The van der Waals surface area contributed by atoms with Crippen molar-refractivity contribution < 1.29 is 9.15 Å². The highest BCUT2D eigenvalue weighted by Gasteiger charge is 2.40. The standard InChI is InChI=1S/C47H29N3O2/c1-2-12-30(13-3-1)45-48-46(50-47(49-45)37-19-8-17-35-34-15-6-7-20-39(34)52-44(35)37)36-18-10-22-41-43(36)42-33(16-9-21-40(42)51-41)31-26-25-29-24-23-28-11-4-5-14-32(28)38(29)27-31/h1-27,41,43H. The number of allylic oxidation sites excluding steroid dienone is 2. The summed E-state index contributed by atoms with van der Waals surface area (Å²) in [6, 6.07) is 50.5. The molecule has 0 N–H and O–H groups in total. The topological polar surface area (TPSA) is 61.0 Å². The van der Waals surface area contributed by atoms with Gasteiger partial charge in [0.15, 0.2) is 17.5 Å². The summed E-state index contributed by atoms with van der Waals surface area (Å²) in [6.45, 7) is 0. The number of furan rings is 1. The van der Waals surface area contributed by atoms with Crippen LogP contribution in [-0.4, -0.2) is 21.1 Å². The fourth-order valence-electron chi connectivity index (χ4n) is 8.10. The lowest BCUT2D eigenvalue weighted by Crippen LogP contribution is -2.21. The number of aromatic nitrogens is 3. The Kier molecular flexibility index (Phi) is 6.31. The van der Waals surface area contributed by atoms with E-state index in [1.165, 1.54) is 21.5 Å². The molecule has 1 aliphatic carbocycles. The van der Waals surface area contributed by atoms with Crippen molar-refractivity contribution in [3.05, 3.63) is 175 Å². The molecular weight excluding hydrogens is 639 g/mol. The van der Waals surface area contributed by atoms with Crippen molar-refractivity contribution >= 4 is 49.1 Å². The average molecular weight is 668 g/mol. The molecule has 1 aliphatic heterocycles. The summed E-state index contributed by atoms with van der Waals surface area (Å²) in [5, 5.41) is 7.02. The van der Waals surface area contributed by atoms with Gasteiger partial charge in [-0.2, -0.15) is 0 Å². The van der Waals surface area contributed by atoms with Crippen LogP contribution >= 0.6 is 0 Å². The van der Waals surface area contributed by atoms with Crippen molar-refractivity contribution in [1.29, 1.82) is 0 Å². The van der Waals surface area contributed by atoms with Gasteiger partial charge < -0.3 is 9.15 Å². The Morgan fingerprint density at radius 2 is 1.21 bits per heavy atom. The first-order valence-corrected chi connectivity index (χ1v) is 17.6. The SMILES string of the molecule is C1=CC2Oc3cccc(-c4ccc5ccc6ccccc6c5c4)c3C2C(c2nc(-c3ccccc3)nc(-c3cccc4c3oc3ccccc34)n2)=C1. The van der Waals surface area contributed by atoms with Gasteiger partial charge in [0.05, 0.1) is 11.5 Å². The predicted octanol–water partition coefficient (Wildman–Crippen LogP) is 11.6. The highest BCUT2D eigenvalue weighted by Crippen LogP contribution is 2.51. The predicted molar refractivity (Wildman–Crippen MR) is 209 cm³/mol. The molecule has 2 atom stereocenters. The van der Waals surface area contributed by atoms with Crippen LogP contribution in [0.5, 0.6) is 5.75 Å². The highest BCUT2D eigenvalue weighted by atomic mass is 16.5. The molecule has 2 aliphatic rings. The van der Waals surface area contributed by atoms with Gasteiger partial charge in [-0.05, 0) is 63.0 Å². The Labute approximate surface area is 299 Å². The lowest BCUT2D eigenvalue weighted by molar-refractivity contribution is 0.271. The number of hydrogen-bond donors (Lipinski definition) is 0. The quantitative estimate of drug-likeness (QED) is 0.175. The molecular formula is C47H29N3O2. The fraction of sp³-hybridized carbons (Fsp3) is 0.0426. The minimum Gasteiger partial charge on any atom is -0.485 e. The number of hydrogen-bond acceptors (Lipinski definition) is 5. The molecule has 52 heavy (non-hydrogen) atoms. The second-order valence-corrected chi connectivity index (χ2v) is 13.5. The lowest BCUT2D eigenvalue weighted by Gasteiger charge is -2.23. The number of benzene rings is 7. The first-order valence-electron chi connectivity index (χ1n) is 17.6. The van der Waals surface area contributed by atoms with E-state index in [9.17, 15) is 0 Å². The van der Waals surface area contributed by atoms with Gasteiger partial charge in [0, 0.05) is 27.5 Å². The largest absolute Gasteiger partial charge is 0.485 e. The second kappa shape index (κ2) is 11.3. The van der Waals surface area contributed by atoms with Gasteiger partial charge in [0.2, 0.25) is 0 Å². The van der Waals surface area contributed by atoms with Crippen LogP contribution in [0.15, 0.2) is 168 Å². The molecule has 0 radical (unpaired) electrons. The summed E-state index contributed by atoms with van der Waals surface area (Å²) >= 11 is 0. The van der Waals surface area contributed by atoms with Crippen molar-refractivity contribution in [3.8, 4) is 39.7 Å². The van der Waals surface area contributed by atoms with Crippen LogP contribution in [0.1, 0.15) is 17.3 Å². The number of fused-ring (bicyclic) bond motifs is 9. The molecule has 0 saturated heterocycles. The van der Waals surface area contributed by atoms with Crippen molar-refractivity contribution in [2.24, 2.45) is 0 Å². The van der Waals surface area contributed by atoms with Gasteiger partial charge in [-0.1, -0.05) is 133 Å². The minimum atomic E-state index is -0.198. The third-order valence-corrected chi connectivity index (χ3v) is 10.5. The Bertz CT molecular complexity index is 2960. The van der Waals surface area contributed by atoms with E-state index in [4.69, 9.17) is 24.1 Å². The number of nitrogens with zero attached hydrogens (tertiary/aromatic N) is 3. The lowest BCUT2D eigenvalue weighted by atomic mass is 9.80. The van der Waals surface area contributed by atoms with Gasteiger partial charge in [-0.15, -0.1) is 0 Å². The molecule has 0 saturated carbocycles. The normalized spacial score (nSPS) is 16.3. The van der Waals surface area contributed by atoms with Gasteiger partial charge in [-0.3, -0.25) is 0 Å². The molecule has 2 aromatic heterocycles. The van der Waals surface area contributed by atoms with E-state index in [0.29, 0.717) is 17.5 Å². The Morgan fingerprint density at radius 1 is 0.500 bits per heavy atom. The molecule has 2 unspecified atom stereocenters. The summed E-state index contributed by atoms with van der Waals surface area (Å²) in [6.07, 6.45) is 6.15. The van der Waals surface area contributed by atoms with Crippen molar-refractivity contribution in [2.45, 2.75) is 12.0 Å². The fourth-order valence-corrected chi connectivity index (χ4v) is 8.10. The highest BCUT2D eigenvalue weighted by molar-refractivity contribution is 6.10. The van der Waals surface area contributed by atoms with Gasteiger partial charge in [0.1, 0.15) is 23.0 Å². The third kappa shape index (κ3) is 4.46. The zero-order valence-corrected chi connectivity index (χ0v) is 27.9. The Hall–Kier alpha value is -6.85. The van der Waals surface area contributed by atoms with Crippen molar-refractivity contribution in [3.63, 3.8) is 0 Å². The van der Waals surface area contributed by atoms with Crippen molar-refractivity contribution in [1.82, 2.24) is 15.0 Å². The van der Waals surface area contributed by atoms with Crippen LogP contribution in [-0.2, 0) is 0 Å². The number of ether oxygens (including phenoxy) is 1. The summed E-state index contributed by atoms with van der Waals surface area (Å²) in [5.74, 6) is 2.55. The van der Waals surface area contributed by atoms with Crippen LogP contribution in [0.3, 0.4) is 0 Å². The number of para-hydroxylation sites is 2. The van der Waals surface area contributed by atoms with E-state index in [1.54, 1.807) is 0 Å². The Morgan fingerprint density at radius 3 is 2.13 bits per heavy atom. The molecule has 3 heterocycles.